The van der Waals surface area contributed by atoms with Crippen molar-refractivity contribution in [3.63, 3.8) is 0 Å². The highest BCUT2D eigenvalue weighted by atomic mass is 16.6. The summed E-state index contributed by atoms with van der Waals surface area (Å²) in [5.74, 6) is -0.407. The third kappa shape index (κ3) is 5.26. The Morgan fingerprint density at radius 1 is 0.974 bits per heavy atom. The summed E-state index contributed by atoms with van der Waals surface area (Å²) in [5, 5.41) is 21.1. The molecule has 0 spiro atoms. The maximum absolute atomic E-state index is 12.7. The fraction of sp³-hybridized carbons (Fsp3) is 0.0667. The summed E-state index contributed by atoms with van der Waals surface area (Å²) >= 11 is 0. The number of rotatable bonds is 7. The zero-order valence-corrected chi connectivity index (χ0v) is 20.4. The number of esters is 1. The van der Waals surface area contributed by atoms with Gasteiger partial charge in [-0.15, -0.1) is 0 Å². The van der Waals surface area contributed by atoms with Gasteiger partial charge in [0.2, 0.25) is 5.88 Å². The number of carbonyl (C=O) groups excluding carboxylic acids is 1. The Morgan fingerprint density at radius 2 is 1.67 bits per heavy atom. The minimum atomic E-state index is -0.887. The van der Waals surface area contributed by atoms with Crippen LogP contribution in [0.4, 0.5) is 5.69 Å². The van der Waals surface area contributed by atoms with Crippen LogP contribution >= 0.6 is 0 Å². The first-order valence-corrected chi connectivity index (χ1v) is 11.9. The van der Waals surface area contributed by atoms with Gasteiger partial charge in [0.25, 0.3) is 5.69 Å². The summed E-state index contributed by atoms with van der Waals surface area (Å²) in [5.41, 5.74) is 8.27. The van der Waals surface area contributed by atoms with E-state index in [0.717, 1.165) is 11.1 Å². The zero-order valence-electron chi connectivity index (χ0n) is 20.4. The number of nitro benzene ring substituents is 1. The molecule has 1 heterocycles. The van der Waals surface area contributed by atoms with E-state index >= 15 is 0 Å². The standard InChI is InChI=1S/C30H21N3O6/c31-17-25-28(20-10-12-21(13-11-20)37-18-19-6-2-1-3-7-19)24-15-14-22(16-27(24)39-29(25)32)38-30(34)23-8-4-5-9-26(23)33(35)36/h1-16,28H,18,32H2. The fourth-order valence-corrected chi connectivity index (χ4v) is 4.31. The van der Waals surface area contributed by atoms with Gasteiger partial charge in [0.15, 0.2) is 0 Å². The number of benzene rings is 4. The number of ether oxygens (including phenoxy) is 3. The Kier molecular flexibility index (Phi) is 6.92. The third-order valence-corrected chi connectivity index (χ3v) is 6.18. The van der Waals surface area contributed by atoms with Crippen molar-refractivity contribution < 1.29 is 23.9 Å². The van der Waals surface area contributed by atoms with E-state index in [4.69, 9.17) is 19.9 Å². The molecule has 0 aliphatic carbocycles. The van der Waals surface area contributed by atoms with Crippen molar-refractivity contribution in [2.24, 2.45) is 5.73 Å². The van der Waals surface area contributed by atoms with Gasteiger partial charge in [-0.05, 0) is 35.4 Å². The van der Waals surface area contributed by atoms with E-state index in [1.54, 1.807) is 6.07 Å². The number of carbonyl (C=O) groups is 1. The van der Waals surface area contributed by atoms with Gasteiger partial charge in [0, 0.05) is 17.7 Å². The minimum Gasteiger partial charge on any atom is -0.489 e. The molecule has 39 heavy (non-hydrogen) atoms. The molecule has 1 unspecified atom stereocenters. The normalized spacial score (nSPS) is 14.0. The number of nitrogens with two attached hydrogens (primary N) is 1. The predicted molar refractivity (Wildman–Crippen MR) is 141 cm³/mol. The minimum absolute atomic E-state index is 0.0680. The number of fused-ring (bicyclic) bond motifs is 1. The van der Waals surface area contributed by atoms with Crippen LogP contribution in [0, 0.1) is 21.4 Å². The van der Waals surface area contributed by atoms with Crippen molar-refractivity contribution in [2.45, 2.75) is 12.5 Å². The van der Waals surface area contributed by atoms with E-state index in [9.17, 15) is 20.2 Å². The smallest absolute Gasteiger partial charge is 0.350 e. The van der Waals surface area contributed by atoms with Crippen LogP contribution < -0.4 is 19.9 Å². The van der Waals surface area contributed by atoms with Crippen molar-refractivity contribution >= 4 is 11.7 Å². The van der Waals surface area contributed by atoms with Gasteiger partial charge in [-0.2, -0.15) is 5.26 Å². The summed E-state index contributed by atoms with van der Waals surface area (Å²) in [6, 6.07) is 29.5. The Balaban J connectivity index is 1.39. The first-order chi connectivity index (χ1) is 18.9. The number of nitrogens with zero attached hydrogens (tertiary/aromatic N) is 2. The van der Waals surface area contributed by atoms with Crippen LogP contribution in [-0.2, 0) is 6.61 Å². The Bertz CT molecular complexity index is 1630. The lowest BCUT2D eigenvalue weighted by atomic mass is 9.83. The van der Waals surface area contributed by atoms with Gasteiger partial charge >= 0.3 is 5.97 Å². The molecule has 0 radical (unpaired) electrons. The molecule has 5 rings (SSSR count). The van der Waals surface area contributed by atoms with E-state index in [1.165, 1.54) is 36.4 Å². The fourth-order valence-electron chi connectivity index (χ4n) is 4.31. The first kappa shape index (κ1) is 25.0. The molecule has 0 fully saturated rings. The lowest BCUT2D eigenvalue weighted by molar-refractivity contribution is -0.385. The number of nitro groups is 1. The van der Waals surface area contributed by atoms with Gasteiger partial charge in [0.1, 0.15) is 41.1 Å². The molecule has 0 amide bonds. The first-order valence-electron chi connectivity index (χ1n) is 11.9. The molecule has 1 atom stereocenters. The average molecular weight is 520 g/mol. The quantitative estimate of drug-likeness (QED) is 0.144. The van der Waals surface area contributed by atoms with Gasteiger partial charge in [-0.25, -0.2) is 4.79 Å². The van der Waals surface area contributed by atoms with E-state index in [-0.39, 0.29) is 28.5 Å². The molecule has 9 heteroatoms. The Hall–Kier alpha value is -5.62. The maximum Gasteiger partial charge on any atom is 0.350 e. The monoisotopic (exact) mass is 519 g/mol. The van der Waals surface area contributed by atoms with E-state index in [0.29, 0.717) is 23.7 Å². The van der Waals surface area contributed by atoms with Crippen molar-refractivity contribution in [3.8, 4) is 23.3 Å². The van der Waals surface area contributed by atoms with E-state index < -0.39 is 16.8 Å². The molecule has 4 aromatic carbocycles. The molecule has 0 aromatic heterocycles. The Morgan fingerprint density at radius 3 is 2.38 bits per heavy atom. The zero-order chi connectivity index (χ0) is 27.4. The summed E-state index contributed by atoms with van der Waals surface area (Å²) in [4.78, 5) is 23.3. The van der Waals surface area contributed by atoms with Gasteiger partial charge < -0.3 is 19.9 Å². The van der Waals surface area contributed by atoms with Gasteiger partial charge in [0.05, 0.1) is 10.8 Å². The van der Waals surface area contributed by atoms with Crippen molar-refractivity contribution in [2.75, 3.05) is 0 Å². The molecular weight excluding hydrogens is 498 g/mol. The third-order valence-electron chi connectivity index (χ3n) is 6.18. The van der Waals surface area contributed by atoms with Crippen LogP contribution in [0.25, 0.3) is 0 Å². The summed E-state index contributed by atoms with van der Waals surface area (Å²) in [6.07, 6.45) is 0. The number of nitriles is 1. The second-order valence-corrected chi connectivity index (χ2v) is 8.63. The Labute approximate surface area is 223 Å². The summed E-state index contributed by atoms with van der Waals surface area (Å²) < 4.78 is 17.0. The second-order valence-electron chi connectivity index (χ2n) is 8.63. The number of para-hydroxylation sites is 1. The number of allylic oxidation sites excluding steroid dienone is 1. The van der Waals surface area contributed by atoms with E-state index in [2.05, 4.69) is 6.07 Å². The van der Waals surface area contributed by atoms with Crippen LogP contribution in [-0.4, -0.2) is 10.9 Å². The summed E-state index contributed by atoms with van der Waals surface area (Å²) in [6.45, 7) is 0.421. The molecule has 0 saturated carbocycles. The van der Waals surface area contributed by atoms with Gasteiger partial charge in [-0.1, -0.05) is 60.7 Å². The molecule has 0 saturated heterocycles. The number of hydrogen-bond acceptors (Lipinski definition) is 8. The molecule has 1 aliphatic rings. The van der Waals surface area contributed by atoms with Crippen LogP contribution in [0.15, 0.2) is 109 Å². The lowest BCUT2D eigenvalue weighted by Crippen LogP contribution is -2.21. The highest BCUT2D eigenvalue weighted by Gasteiger charge is 2.31. The molecule has 4 aromatic rings. The molecule has 192 valence electrons. The lowest BCUT2D eigenvalue weighted by Gasteiger charge is -2.26. The van der Waals surface area contributed by atoms with Crippen molar-refractivity contribution in [3.05, 3.63) is 141 Å². The van der Waals surface area contributed by atoms with Crippen LogP contribution in [0.3, 0.4) is 0 Å². The summed E-state index contributed by atoms with van der Waals surface area (Å²) in [7, 11) is 0. The van der Waals surface area contributed by atoms with Crippen molar-refractivity contribution in [1.82, 2.24) is 0 Å². The highest BCUT2D eigenvalue weighted by Crippen LogP contribution is 2.43. The molecule has 0 bridgehead atoms. The van der Waals surface area contributed by atoms with Crippen LogP contribution in [0.1, 0.15) is 33.0 Å². The molecule has 9 nitrogen and oxygen atoms in total. The van der Waals surface area contributed by atoms with Crippen LogP contribution in [0.5, 0.6) is 17.2 Å². The second kappa shape index (κ2) is 10.8. The SMILES string of the molecule is N#CC1=C(N)Oc2cc(OC(=O)c3ccccc3[N+](=O)[O-])ccc2C1c1ccc(OCc2ccccc2)cc1. The van der Waals surface area contributed by atoms with Crippen LogP contribution in [0.2, 0.25) is 0 Å². The highest BCUT2D eigenvalue weighted by molar-refractivity contribution is 5.95. The average Bonchev–Trinajstić information content (AvgIpc) is 2.96. The molecule has 2 N–H and O–H groups in total. The van der Waals surface area contributed by atoms with Gasteiger partial charge in [-0.3, -0.25) is 10.1 Å². The molecular formula is C30H21N3O6. The number of hydrogen-bond donors (Lipinski definition) is 1. The topological polar surface area (TPSA) is 138 Å². The predicted octanol–water partition coefficient (Wildman–Crippen LogP) is 5.61. The molecule has 1 aliphatic heterocycles. The largest absolute Gasteiger partial charge is 0.489 e. The van der Waals surface area contributed by atoms with Crippen molar-refractivity contribution in [1.29, 1.82) is 5.26 Å². The van der Waals surface area contributed by atoms with E-state index in [1.807, 2.05) is 54.6 Å². The maximum atomic E-state index is 12.7.